The first kappa shape index (κ1) is 20.6. The molecule has 3 N–H and O–H groups in total. The number of benzene rings is 1. The molecule has 27 heavy (non-hydrogen) atoms. The first-order valence-electron chi connectivity index (χ1n) is 9.27. The van der Waals surface area contributed by atoms with Crippen LogP contribution in [0.4, 0.5) is 0 Å². The third kappa shape index (κ3) is 4.55. The van der Waals surface area contributed by atoms with Gasteiger partial charge in [-0.2, -0.15) is 0 Å². The highest BCUT2D eigenvalue weighted by Crippen LogP contribution is 2.32. The summed E-state index contributed by atoms with van der Waals surface area (Å²) in [6.45, 7) is 5.34. The van der Waals surface area contributed by atoms with Crippen molar-refractivity contribution in [2.24, 2.45) is 5.73 Å². The second kappa shape index (κ2) is 8.35. The molecule has 0 bridgehead atoms. The molecule has 144 valence electrons. The van der Waals surface area contributed by atoms with E-state index in [0.29, 0.717) is 34.6 Å². The monoisotopic (exact) mass is 368 g/mol. The van der Waals surface area contributed by atoms with Gasteiger partial charge in [-0.1, -0.05) is 36.4 Å². The lowest BCUT2D eigenvalue weighted by molar-refractivity contribution is -0.870. The van der Waals surface area contributed by atoms with Crippen molar-refractivity contribution in [1.29, 1.82) is 0 Å². The highest BCUT2D eigenvalue weighted by atomic mass is 16.1. The summed E-state index contributed by atoms with van der Waals surface area (Å²) < 4.78 is 0.872. The molecule has 0 aromatic heterocycles. The van der Waals surface area contributed by atoms with Crippen molar-refractivity contribution >= 4 is 11.6 Å². The lowest BCUT2D eigenvalue weighted by Crippen LogP contribution is -2.37. The minimum absolute atomic E-state index is 0.169. The number of ketones is 2. The van der Waals surface area contributed by atoms with Crippen molar-refractivity contribution in [3.63, 3.8) is 0 Å². The molecule has 0 amide bonds. The second-order valence-corrected chi connectivity index (χ2v) is 7.69. The van der Waals surface area contributed by atoms with Crippen LogP contribution in [0.25, 0.3) is 0 Å². The van der Waals surface area contributed by atoms with E-state index in [4.69, 9.17) is 5.73 Å². The van der Waals surface area contributed by atoms with E-state index in [2.05, 4.69) is 26.5 Å². The summed E-state index contributed by atoms with van der Waals surface area (Å²) >= 11 is 0. The molecule has 1 aliphatic carbocycles. The van der Waals surface area contributed by atoms with Gasteiger partial charge in [0.25, 0.3) is 0 Å². The zero-order valence-corrected chi connectivity index (χ0v) is 16.9. The Hall–Kier alpha value is -2.66. The van der Waals surface area contributed by atoms with E-state index in [0.717, 1.165) is 17.4 Å². The Bertz CT molecular complexity index is 839. The molecule has 0 radical (unpaired) electrons. The van der Waals surface area contributed by atoms with Gasteiger partial charge >= 0.3 is 0 Å². The lowest BCUT2D eigenvalue weighted by atomic mass is 9.81. The quantitative estimate of drug-likeness (QED) is 0.573. The predicted molar refractivity (Wildman–Crippen MR) is 109 cm³/mol. The van der Waals surface area contributed by atoms with Crippen LogP contribution in [0.5, 0.6) is 0 Å². The second-order valence-electron chi connectivity index (χ2n) is 7.69. The summed E-state index contributed by atoms with van der Waals surface area (Å²) in [5.41, 5.74) is 8.59. The van der Waals surface area contributed by atoms with Crippen LogP contribution in [-0.4, -0.2) is 50.3 Å². The van der Waals surface area contributed by atoms with Crippen LogP contribution in [0.1, 0.15) is 41.0 Å². The summed E-state index contributed by atoms with van der Waals surface area (Å²) in [6.07, 6.45) is 4.45. The van der Waals surface area contributed by atoms with Crippen molar-refractivity contribution in [1.82, 2.24) is 5.32 Å². The Morgan fingerprint density at radius 2 is 1.56 bits per heavy atom. The van der Waals surface area contributed by atoms with Crippen LogP contribution in [0.15, 0.2) is 59.0 Å². The van der Waals surface area contributed by atoms with Gasteiger partial charge in [0.05, 0.1) is 38.8 Å². The Morgan fingerprint density at radius 3 is 2.04 bits per heavy atom. The fourth-order valence-electron chi connectivity index (χ4n) is 3.16. The van der Waals surface area contributed by atoms with Crippen molar-refractivity contribution < 1.29 is 14.1 Å². The number of carbonyl (C=O) groups is 2. The lowest BCUT2D eigenvalue weighted by Gasteiger charge is -2.25. The van der Waals surface area contributed by atoms with Gasteiger partial charge in [-0.15, -0.1) is 0 Å². The Labute approximate surface area is 161 Å². The molecule has 2 rings (SSSR count). The Morgan fingerprint density at radius 1 is 1.00 bits per heavy atom. The van der Waals surface area contributed by atoms with E-state index >= 15 is 0 Å². The first-order valence-corrected chi connectivity index (χ1v) is 9.27. The maximum absolute atomic E-state index is 13.2. The van der Waals surface area contributed by atoms with E-state index in [1.807, 2.05) is 13.0 Å². The van der Waals surface area contributed by atoms with Gasteiger partial charge in [0.1, 0.15) is 0 Å². The normalized spacial score (nSPS) is 15.9. The van der Waals surface area contributed by atoms with Crippen LogP contribution in [-0.2, 0) is 0 Å². The van der Waals surface area contributed by atoms with E-state index < -0.39 is 0 Å². The predicted octanol–water partition coefficient (Wildman–Crippen LogP) is 2.81. The largest absolute Gasteiger partial charge is 0.398 e. The number of hydrogen-bond donors (Lipinski definition) is 2. The van der Waals surface area contributed by atoms with E-state index in [1.165, 1.54) is 0 Å². The molecular weight excluding hydrogens is 338 g/mol. The summed E-state index contributed by atoms with van der Waals surface area (Å²) in [7, 11) is 6.43. The maximum Gasteiger partial charge on any atom is 0.196 e. The molecule has 0 saturated carbocycles. The molecule has 0 atom stereocenters. The summed E-state index contributed by atoms with van der Waals surface area (Å²) in [5, 5.41) is 3.34. The van der Waals surface area contributed by atoms with Gasteiger partial charge < -0.3 is 15.5 Å². The molecule has 1 aromatic rings. The standard InChI is InChI=1S/C22H30N3O2/c1-6-17(23)19-20(18(7-2)24-13-10-14-25(3,4)5)22(27)16-12-9-8-11-15(16)21(19)26/h6-9,11-12,24H,10,13-14,23H2,1-5H3/q+1/b17-6-,18-7+. The maximum atomic E-state index is 13.2. The summed E-state index contributed by atoms with van der Waals surface area (Å²) in [5.74, 6) is -0.375. The molecule has 0 spiro atoms. The zero-order chi connectivity index (χ0) is 20.2. The van der Waals surface area contributed by atoms with Crippen molar-refractivity contribution in [3.05, 3.63) is 70.1 Å². The van der Waals surface area contributed by atoms with Gasteiger partial charge in [-0.25, -0.2) is 0 Å². The highest BCUT2D eigenvalue weighted by molar-refractivity contribution is 6.29. The number of nitrogens with one attached hydrogen (secondary N) is 1. The first-order chi connectivity index (χ1) is 12.7. The number of allylic oxidation sites excluding steroid dienone is 4. The molecule has 5 nitrogen and oxygen atoms in total. The number of hydrogen-bond acceptors (Lipinski definition) is 4. The smallest absolute Gasteiger partial charge is 0.196 e. The third-order valence-corrected chi connectivity index (χ3v) is 4.60. The van der Waals surface area contributed by atoms with E-state index in [1.54, 1.807) is 37.3 Å². The molecule has 5 heteroatoms. The number of nitrogens with zero attached hydrogens (tertiary/aromatic N) is 1. The number of rotatable bonds is 7. The van der Waals surface area contributed by atoms with Gasteiger partial charge in [-0.05, 0) is 13.8 Å². The van der Waals surface area contributed by atoms with Crippen LogP contribution in [0.2, 0.25) is 0 Å². The van der Waals surface area contributed by atoms with Crippen molar-refractivity contribution in [3.8, 4) is 0 Å². The van der Waals surface area contributed by atoms with E-state index in [-0.39, 0.29) is 17.1 Å². The SMILES string of the molecule is C/C=C(\N)C1=C(/C(=C\C)NCCC[N+](C)(C)C)C(=O)c2ccccc2C1=O. The van der Waals surface area contributed by atoms with Crippen LogP contribution in [0, 0.1) is 0 Å². The third-order valence-electron chi connectivity index (χ3n) is 4.60. The van der Waals surface area contributed by atoms with Gasteiger partial charge in [-0.3, -0.25) is 9.59 Å². The van der Waals surface area contributed by atoms with Gasteiger partial charge in [0.15, 0.2) is 11.6 Å². The number of quaternary nitrogens is 1. The fourth-order valence-corrected chi connectivity index (χ4v) is 3.16. The molecule has 0 saturated heterocycles. The summed E-state index contributed by atoms with van der Waals surface area (Å²) in [6, 6.07) is 6.91. The minimum Gasteiger partial charge on any atom is -0.398 e. The zero-order valence-electron chi connectivity index (χ0n) is 16.9. The molecule has 1 aromatic carbocycles. The minimum atomic E-state index is -0.205. The van der Waals surface area contributed by atoms with Crippen molar-refractivity contribution in [2.45, 2.75) is 20.3 Å². The molecule has 0 unspecified atom stereocenters. The van der Waals surface area contributed by atoms with Crippen LogP contribution in [0.3, 0.4) is 0 Å². The molecular formula is C22H30N3O2+. The van der Waals surface area contributed by atoms with Gasteiger partial charge in [0.2, 0.25) is 0 Å². The number of Topliss-reactive ketones (excluding diaryl/α,β-unsaturated/α-hetero) is 2. The van der Waals surface area contributed by atoms with Crippen LogP contribution >= 0.6 is 0 Å². The number of carbonyl (C=O) groups excluding carboxylic acids is 2. The molecule has 0 heterocycles. The summed E-state index contributed by atoms with van der Waals surface area (Å²) in [4.78, 5) is 26.3. The fraction of sp³-hybridized carbons (Fsp3) is 0.364. The average Bonchev–Trinajstić information content (AvgIpc) is 2.63. The molecule has 1 aliphatic rings. The highest BCUT2D eigenvalue weighted by Gasteiger charge is 2.34. The van der Waals surface area contributed by atoms with E-state index in [9.17, 15) is 9.59 Å². The topological polar surface area (TPSA) is 72.2 Å². The van der Waals surface area contributed by atoms with Gasteiger partial charge in [0, 0.05) is 35.5 Å². The average molecular weight is 369 g/mol. The Kier molecular flexibility index (Phi) is 6.39. The van der Waals surface area contributed by atoms with Crippen molar-refractivity contribution in [2.75, 3.05) is 34.2 Å². The Balaban J connectivity index is 2.42. The number of nitrogens with two attached hydrogens (primary N) is 1. The van der Waals surface area contributed by atoms with Crippen LogP contribution < -0.4 is 11.1 Å². The molecule has 0 aliphatic heterocycles. The molecule has 0 fully saturated rings. The number of fused-ring (bicyclic) bond motifs is 1.